The average Bonchev–Trinajstić information content (AvgIpc) is 2.31. The van der Waals surface area contributed by atoms with Crippen LogP contribution in [-0.2, 0) is 9.84 Å². The quantitative estimate of drug-likeness (QED) is 0.783. The van der Waals surface area contributed by atoms with Crippen LogP contribution in [0.3, 0.4) is 0 Å². The Morgan fingerprint density at radius 2 is 1.53 bits per heavy atom. The Labute approximate surface area is 92.6 Å². The van der Waals surface area contributed by atoms with Crippen molar-refractivity contribution in [2.45, 2.75) is 55.4 Å². The van der Waals surface area contributed by atoms with E-state index in [1.165, 1.54) is 6.42 Å². The van der Waals surface area contributed by atoms with E-state index in [1.807, 2.05) is 0 Å². The van der Waals surface area contributed by atoms with Gasteiger partial charge in [0.05, 0.1) is 10.5 Å². The molecule has 2 rings (SSSR count). The molecule has 1 atom stereocenters. The first-order valence-electron chi connectivity index (χ1n) is 6.14. The van der Waals surface area contributed by atoms with E-state index in [-0.39, 0.29) is 10.5 Å². The topological polar surface area (TPSA) is 46.2 Å². The highest BCUT2D eigenvalue weighted by molar-refractivity contribution is 7.92. The van der Waals surface area contributed by atoms with Gasteiger partial charge in [0.25, 0.3) is 0 Å². The Kier molecular flexibility index (Phi) is 3.67. The molecule has 1 aliphatic heterocycles. The monoisotopic (exact) mass is 231 g/mol. The van der Waals surface area contributed by atoms with Gasteiger partial charge in [-0.15, -0.1) is 0 Å². The summed E-state index contributed by atoms with van der Waals surface area (Å²) in [6.07, 6.45) is 7.10. The lowest BCUT2D eigenvalue weighted by molar-refractivity contribution is 0.456. The molecular formula is C11H21NO2S. The van der Waals surface area contributed by atoms with Crippen molar-refractivity contribution < 1.29 is 8.42 Å². The van der Waals surface area contributed by atoms with Crippen molar-refractivity contribution in [2.24, 2.45) is 0 Å². The fourth-order valence-electron chi connectivity index (χ4n) is 2.77. The lowest BCUT2D eigenvalue weighted by Crippen LogP contribution is -2.43. The summed E-state index contributed by atoms with van der Waals surface area (Å²) in [4.78, 5) is 0. The third kappa shape index (κ3) is 2.53. The van der Waals surface area contributed by atoms with Gasteiger partial charge < -0.3 is 5.32 Å². The first-order valence-corrected chi connectivity index (χ1v) is 7.75. The zero-order valence-electron chi connectivity index (χ0n) is 9.24. The van der Waals surface area contributed by atoms with Crippen LogP contribution in [0.2, 0.25) is 0 Å². The molecule has 1 saturated carbocycles. The van der Waals surface area contributed by atoms with Gasteiger partial charge in [0, 0.05) is 6.54 Å². The summed E-state index contributed by atoms with van der Waals surface area (Å²) in [5.41, 5.74) is 0. The maximum atomic E-state index is 12.3. The standard InChI is InChI=1S/C11H21NO2S/c13-15(14,10-5-2-1-3-6-10)11-7-4-8-12-9-11/h10-12H,1-9H2. The van der Waals surface area contributed by atoms with Gasteiger partial charge in [0.1, 0.15) is 0 Å². The van der Waals surface area contributed by atoms with E-state index < -0.39 is 9.84 Å². The predicted molar refractivity (Wildman–Crippen MR) is 61.7 cm³/mol. The molecule has 0 radical (unpaired) electrons. The van der Waals surface area contributed by atoms with E-state index in [0.29, 0.717) is 6.54 Å². The highest BCUT2D eigenvalue weighted by atomic mass is 32.2. The van der Waals surface area contributed by atoms with E-state index in [1.54, 1.807) is 0 Å². The molecule has 1 aliphatic carbocycles. The lowest BCUT2D eigenvalue weighted by Gasteiger charge is -2.29. The predicted octanol–water partition coefficient (Wildman–Crippen LogP) is 1.49. The molecule has 15 heavy (non-hydrogen) atoms. The van der Waals surface area contributed by atoms with E-state index in [2.05, 4.69) is 5.32 Å². The van der Waals surface area contributed by atoms with Crippen LogP contribution in [0.5, 0.6) is 0 Å². The highest BCUT2D eigenvalue weighted by Gasteiger charge is 2.35. The SMILES string of the molecule is O=S(=O)(C1CCCCC1)C1CCCNC1. The molecule has 0 amide bonds. The minimum atomic E-state index is -2.85. The van der Waals surface area contributed by atoms with Crippen LogP contribution < -0.4 is 5.32 Å². The molecule has 0 aromatic carbocycles. The second-order valence-corrected chi connectivity index (χ2v) is 7.33. The van der Waals surface area contributed by atoms with E-state index in [4.69, 9.17) is 0 Å². The fourth-order valence-corrected chi connectivity index (χ4v) is 5.15. The van der Waals surface area contributed by atoms with Gasteiger partial charge in [-0.3, -0.25) is 0 Å². The van der Waals surface area contributed by atoms with Gasteiger partial charge in [0.2, 0.25) is 0 Å². The van der Waals surface area contributed by atoms with E-state index >= 15 is 0 Å². The van der Waals surface area contributed by atoms with Gasteiger partial charge in [-0.1, -0.05) is 19.3 Å². The van der Waals surface area contributed by atoms with Gasteiger partial charge in [-0.05, 0) is 32.2 Å². The summed E-state index contributed by atoms with van der Waals surface area (Å²) in [7, 11) is -2.85. The van der Waals surface area contributed by atoms with E-state index in [9.17, 15) is 8.42 Å². The minimum absolute atomic E-state index is 0.0313. The summed E-state index contributed by atoms with van der Waals surface area (Å²) in [5, 5.41) is 3.07. The van der Waals surface area contributed by atoms with Gasteiger partial charge in [-0.2, -0.15) is 0 Å². The summed E-state index contributed by atoms with van der Waals surface area (Å²) in [5.74, 6) is 0. The maximum Gasteiger partial charge on any atom is 0.157 e. The highest BCUT2D eigenvalue weighted by Crippen LogP contribution is 2.28. The molecule has 0 aromatic heterocycles. The van der Waals surface area contributed by atoms with Gasteiger partial charge in [-0.25, -0.2) is 8.42 Å². The lowest BCUT2D eigenvalue weighted by atomic mass is 10.0. The van der Waals surface area contributed by atoms with Crippen LogP contribution in [0, 0.1) is 0 Å². The largest absolute Gasteiger partial charge is 0.315 e. The van der Waals surface area contributed by atoms with E-state index in [0.717, 1.165) is 45.1 Å². The molecule has 3 nitrogen and oxygen atoms in total. The zero-order chi connectivity index (χ0) is 10.7. The molecule has 2 aliphatic rings. The Hall–Kier alpha value is -0.0900. The Morgan fingerprint density at radius 1 is 0.867 bits per heavy atom. The smallest absolute Gasteiger partial charge is 0.157 e. The normalized spacial score (nSPS) is 30.3. The first kappa shape index (κ1) is 11.4. The van der Waals surface area contributed by atoms with Crippen molar-refractivity contribution in [2.75, 3.05) is 13.1 Å². The van der Waals surface area contributed by atoms with Crippen molar-refractivity contribution in [3.05, 3.63) is 0 Å². The van der Waals surface area contributed by atoms with Gasteiger partial charge >= 0.3 is 0 Å². The summed E-state index contributed by atoms with van der Waals surface area (Å²) < 4.78 is 24.6. The zero-order valence-corrected chi connectivity index (χ0v) is 10.1. The van der Waals surface area contributed by atoms with Crippen molar-refractivity contribution in [1.82, 2.24) is 5.32 Å². The molecule has 1 unspecified atom stereocenters. The third-order valence-corrected chi connectivity index (χ3v) is 6.47. The summed E-state index contributed by atoms with van der Waals surface area (Å²) in [6, 6.07) is 0. The van der Waals surface area contributed by atoms with Crippen molar-refractivity contribution in [1.29, 1.82) is 0 Å². The minimum Gasteiger partial charge on any atom is -0.315 e. The summed E-state index contributed by atoms with van der Waals surface area (Å²) in [6.45, 7) is 1.66. The first-order chi connectivity index (χ1) is 7.21. The molecule has 2 fully saturated rings. The van der Waals surface area contributed by atoms with Crippen molar-refractivity contribution in [3.8, 4) is 0 Å². The van der Waals surface area contributed by atoms with Crippen LogP contribution in [0.1, 0.15) is 44.9 Å². The second-order valence-electron chi connectivity index (χ2n) is 4.82. The molecule has 88 valence electrons. The average molecular weight is 231 g/mol. The van der Waals surface area contributed by atoms with Gasteiger partial charge in [0.15, 0.2) is 9.84 Å². The van der Waals surface area contributed by atoms with Crippen LogP contribution in [0.4, 0.5) is 0 Å². The number of piperidine rings is 1. The fraction of sp³-hybridized carbons (Fsp3) is 1.00. The molecule has 4 heteroatoms. The van der Waals surface area contributed by atoms with Crippen LogP contribution >= 0.6 is 0 Å². The van der Waals surface area contributed by atoms with Crippen LogP contribution in [0.25, 0.3) is 0 Å². The van der Waals surface area contributed by atoms with Crippen molar-refractivity contribution >= 4 is 9.84 Å². The summed E-state index contributed by atoms with van der Waals surface area (Å²) >= 11 is 0. The Morgan fingerprint density at radius 3 is 2.13 bits per heavy atom. The van der Waals surface area contributed by atoms with Crippen molar-refractivity contribution in [3.63, 3.8) is 0 Å². The molecule has 0 bridgehead atoms. The number of hydrogen-bond acceptors (Lipinski definition) is 3. The number of hydrogen-bond donors (Lipinski definition) is 1. The number of rotatable bonds is 2. The number of sulfone groups is 1. The molecule has 1 N–H and O–H groups in total. The molecule has 1 heterocycles. The number of nitrogens with one attached hydrogen (secondary N) is 1. The Bertz CT molecular complexity index is 264. The molecule has 1 saturated heterocycles. The molecule has 0 spiro atoms. The third-order valence-electron chi connectivity index (χ3n) is 3.73. The molecular weight excluding hydrogens is 210 g/mol. The maximum absolute atomic E-state index is 12.3. The van der Waals surface area contributed by atoms with Crippen LogP contribution in [0.15, 0.2) is 0 Å². The second kappa shape index (κ2) is 4.83. The molecule has 0 aromatic rings. The van der Waals surface area contributed by atoms with Crippen LogP contribution in [-0.4, -0.2) is 32.0 Å². The Balaban J connectivity index is 2.03.